The van der Waals surface area contributed by atoms with Gasteiger partial charge in [-0.3, -0.25) is 14.2 Å². The van der Waals surface area contributed by atoms with E-state index in [9.17, 15) is 23.9 Å². The highest BCUT2D eigenvalue weighted by atomic mass is 32.1. The van der Waals surface area contributed by atoms with Crippen molar-refractivity contribution >= 4 is 27.5 Å². The Bertz CT molecular complexity index is 1700. The zero-order valence-corrected chi connectivity index (χ0v) is 23.9. The highest BCUT2D eigenvalue weighted by Crippen LogP contribution is 2.34. The van der Waals surface area contributed by atoms with Gasteiger partial charge in [0.15, 0.2) is 0 Å². The second kappa shape index (κ2) is 11.5. The molecule has 0 saturated carbocycles. The molecule has 4 heterocycles. The molecule has 0 aliphatic carbocycles. The summed E-state index contributed by atoms with van der Waals surface area (Å²) < 4.78 is 28.1. The zero-order chi connectivity index (χ0) is 29.4. The van der Waals surface area contributed by atoms with Crippen LogP contribution in [0.4, 0.5) is 4.39 Å². The number of methoxy groups -OCH3 is 1. The topological polar surface area (TPSA) is 134 Å². The number of likely N-dealkylation sites (tertiary alicyclic amines) is 1. The quantitative estimate of drug-likeness (QED) is 0.299. The highest BCUT2D eigenvalue weighted by Gasteiger charge is 2.38. The first-order valence-corrected chi connectivity index (χ1v) is 14.0. The number of carbonyl (C=O) groups excluding carboxylic acids is 1. The van der Waals surface area contributed by atoms with Gasteiger partial charge in [-0.15, -0.1) is 4.80 Å². The molecule has 0 radical (unpaired) electrons. The van der Waals surface area contributed by atoms with Gasteiger partial charge in [-0.2, -0.15) is 10.2 Å². The van der Waals surface area contributed by atoms with Crippen molar-refractivity contribution in [3.63, 3.8) is 0 Å². The summed E-state index contributed by atoms with van der Waals surface area (Å²) in [6.45, 7) is 5.35. The largest absolute Gasteiger partial charge is 0.496 e. The van der Waals surface area contributed by atoms with Crippen LogP contribution in [-0.2, 0) is 16.1 Å². The lowest BCUT2D eigenvalue weighted by atomic mass is 10.1. The number of aliphatic hydroxyl groups excluding tert-OH is 1. The van der Waals surface area contributed by atoms with Crippen LogP contribution in [0.3, 0.4) is 0 Å². The van der Waals surface area contributed by atoms with Gasteiger partial charge in [0, 0.05) is 23.7 Å². The molecule has 0 bridgehead atoms. The summed E-state index contributed by atoms with van der Waals surface area (Å²) in [4.78, 5) is 44.9. The third-order valence-corrected chi connectivity index (χ3v) is 8.54. The van der Waals surface area contributed by atoms with Crippen molar-refractivity contribution in [3.05, 3.63) is 68.4 Å². The molecule has 1 unspecified atom stereocenters. The summed E-state index contributed by atoms with van der Waals surface area (Å²) in [6, 6.07) is 2.88. The Kier molecular flexibility index (Phi) is 8.07. The lowest BCUT2D eigenvalue weighted by Gasteiger charge is -2.24. The van der Waals surface area contributed by atoms with E-state index in [1.165, 1.54) is 47.1 Å². The first-order valence-electron chi connectivity index (χ1n) is 13.2. The third kappa shape index (κ3) is 5.06. The molecule has 1 aliphatic heterocycles. The van der Waals surface area contributed by atoms with Crippen LogP contribution in [0.1, 0.15) is 43.5 Å². The average molecular weight is 587 g/mol. The molecule has 1 fully saturated rings. The summed E-state index contributed by atoms with van der Waals surface area (Å²) >= 11 is 1.15. The smallest absolute Gasteiger partial charge is 0.332 e. The van der Waals surface area contributed by atoms with E-state index in [1.807, 2.05) is 13.8 Å². The van der Waals surface area contributed by atoms with Crippen LogP contribution in [-0.4, -0.2) is 73.0 Å². The van der Waals surface area contributed by atoms with Gasteiger partial charge >= 0.3 is 5.69 Å². The van der Waals surface area contributed by atoms with Crippen LogP contribution in [0.25, 0.3) is 15.2 Å². The van der Waals surface area contributed by atoms with Crippen LogP contribution in [0.5, 0.6) is 5.75 Å². The Morgan fingerprint density at radius 3 is 2.56 bits per heavy atom. The number of hydrogen-bond acceptors (Lipinski definition) is 9. The molecule has 1 N–H and O–H groups in total. The van der Waals surface area contributed by atoms with Gasteiger partial charge in [0.05, 0.1) is 44.6 Å². The fraction of sp³-hybridized carbons (Fsp3) is 0.444. The number of nitrogens with zero attached hydrogens (tertiary/aromatic N) is 6. The van der Waals surface area contributed by atoms with Crippen LogP contribution in [0.15, 0.2) is 40.2 Å². The fourth-order valence-electron chi connectivity index (χ4n) is 5.30. The van der Waals surface area contributed by atoms with E-state index in [4.69, 9.17) is 9.47 Å². The minimum atomic E-state index is -0.973. The summed E-state index contributed by atoms with van der Waals surface area (Å²) in [5.41, 5.74) is -0.394. The number of ether oxygens (including phenoxy) is 2. The van der Waals surface area contributed by atoms with Crippen molar-refractivity contribution < 1.29 is 23.8 Å². The number of halogens is 1. The molecule has 0 spiro atoms. The number of hydrogen-bond donors (Lipinski definition) is 1. The van der Waals surface area contributed by atoms with Gasteiger partial charge < -0.3 is 19.5 Å². The maximum absolute atomic E-state index is 14.4. The van der Waals surface area contributed by atoms with Gasteiger partial charge in [0.25, 0.3) is 5.56 Å². The van der Waals surface area contributed by atoms with E-state index in [0.717, 1.165) is 15.9 Å². The first-order chi connectivity index (χ1) is 19.7. The number of rotatable bonds is 10. The lowest BCUT2D eigenvalue weighted by Crippen LogP contribution is -2.45. The molecule has 12 nitrogen and oxygen atoms in total. The molecule has 1 aromatic carbocycles. The molecule has 1 amide bonds. The maximum atomic E-state index is 14.4. The Hall–Kier alpha value is -3.88. The van der Waals surface area contributed by atoms with Crippen molar-refractivity contribution in [1.82, 2.24) is 29.0 Å². The molecule has 41 heavy (non-hydrogen) atoms. The number of aromatic nitrogens is 5. The molecule has 5 rings (SSSR count). The molecule has 3 aromatic heterocycles. The second-order valence-corrected chi connectivity index (χ2v) is 11.0. The van der Waals surface area contributed by atoms with E-state index in [0.29, 0.717) is 39.7 Å². The summed E-state index contributed by atoms with van der Waals surface area (Å²) in [5.74, 6) is -0.508. The SMILES string of the molecule is COc1ccc(F)cc1[C@H](Cn1c(=O)n(C2CCN(C(C)C)C2=O)c(=O)c2c(C)c(-n3nccn3)sc21)OCCO. The molecule has 4 aromatic rings. The normalized spacial score (nSPS) is 16.3. The third-order valence-electron chi connectivity index (χ3n) is 7.26. The van der Waals surface area contributed by atoms with E-state index in [2.05, 4.69) is 10.2 Å². The molecule has 14 heteroatoms. The van der Waals surface area contributed by atoms with E-state index < -0.39 is 29.2 Å². The monoisotopic (exact) mass is 586 g/mol. The van der Waals surface area contributed by atoms with Crippen molar-refractivity contribution in [2.45, 2.75) is 51.9 Å². The Labute approximate surface area is 238 Å². The van der Waals surface area contributed by atoms with Crippen molar-refractivity contribution in [3.8, 4) is 10.8 Å². The molecular weight excluding hydrogens is 555 g/mol. The van der Waals surface area contributed by atoms with Crippen molar-refractivity contribution in [2.24, 2.45) is 0 Å². The van der Waals surface area contributed by atoms with Crippen molar-refractivity contribution in [2.75, 3.05) is 26.9 Å². The van der Waals surface area contributed by atoms with Gasteiger partial charge in [-0.1, -0.05) is 11.3 Å². The Balaban J connectivity index is 1.75. The van der Waals surface area contributed by atoms with Crippen molar-refractivity contribution in [1.29, 1.82) is 0 Å². The second-order valence-electron chi connectivity index (χ2n) is 10.00. The standard InChI is InChI=1S/C27H31FN6O6S/c1-15(2)31-10-7-19(23(31)36)33-24(37)22-16(3)25(34-29-8-9-30-34)41-26(22)32(27(33)38)14-21(40-12-11-35)18-13-17(28)5-6-20(18)39-4/h5-6,8-9,13,15,19,21,35H,7,10-12,14H2,1-4H3/t19?,21-/m0/s1. The number of aliphatic hydroxyl groups is 1. The van der Waals surface area contributed by atoms with Crippen LogP contribution in [0.2, 0.25) is 0 Å². The Morgan fingerprint density at radius 1 is 1.20 bits per heavy atom. The minimum Gasteiger partial charge on any atom is -0.496 e. The minimum absolute atomic E-state index is 0.0914. The fourth-order valence-corrected chi connectivity index (χ4v) is 6.52. The first kappa shape index (κ1) is 28.6. The maximum Gasteiger partial charge on any atom is 0.332 e. The molecule has 1 saturated heterocycles. The van der Waals surface area contributed by atoms with Gasteiger partial charge in [0.2, 0.25) is 5.91 Å². The van der Waals surface area contributed by atoms with E-state index >= 15 is 0 Å². The highest BCUT2D eigenvalue weighted by molar-refractivity contribution is 7.21. The van der Waals surface area contributed by atoms with Crippen LogP contribution < -0.4 is 16.0 Å². The Morgan fingerprint density at radius 2 is 1.93 bits per heavy atom. The van der Waals surface area contributed by atoms with Crippen LogP contribution >= 0.6 is 11.3 Å². The number of carbonyl (C=O) groups is 1. The van der Waals surface area contributed by atoms with E-state index in [-0.39, 0.29) is 37.1 Å². The zero-order valence-electron chi connectivity index (χ0n) is 23.1. The van der Waals surface area contributed by atoms with E-state index in [1.54, 1.807) is 11.8 Å². The van der Waals surface area contributed by atoms with Gasteiger partial charge in [0.1, 0.15) is 33.5 Å². The van der Waals surface area contributed by atoms with Gasteiger partial charge in [-0.25, -0.2) is 13.8 Å². The number of thiophene rings is 1. The number of aryl methyl sites for hydroxylation is 1. The molecule has 2 atom stereocenters. The average Bonchev–Trinajstić information content (AvgIpc) is 3.68. The summed E-state index contributed by atoms with van der Waals surface area (Å²) in [5, 5.41) is 18.7. The lowest BCUT2D eigenvalue weighted by molar-refractivity contribution is -0.131. The molecule has 218 valence electrons. The van der Waals surface area contributed by atoms with Gasteiger partial charge in [-0.05, 0) is 45.4 Å². The number of fused-ring (bicyclic) bond motifs is 1. The summed E-state index contributed by atoms with van der Waals surface area (Å²) in [7, 11) is 1.43. The predicted octanol–water partition coefficient (Wildman–Crippen LogP) is 2.19. The molecule has 1 aliphatic rings. The predicted molar refractivity (Wildman–Crippen MR) is 149 cm³/mol. The van der Waals surface area contributed by atoms with Crippen LogP contribution in [0, 0.1) is 12.7 Å². The number of benzene rings is 1. The summed E-state index contributed by atoms with van der Waals surface area (Å²) in [6.07, 6.45) is 2.36. The number of amides is 1. The molecular formula is C27H31FN6O6S.